The molecule has 2 aromatic heterocycles. The summed E-state index contributed by atoms with van der Waals surface area (Å²) in [4.78, 5) is 1.15. The molecule has 4 heteroatoms. The van der Waals surface area contributed by atoms with Gasteiger partial charge < -0.3 is 9.84 Å². The van der Waals surface area contributed by atoms with Gasteiger partial charge in [0.15, 0.2) is 5.76 Å². The van der Waals surface area contributed by atoms with Crippen LogP contribution in [0.25, 0.3) is 10.6 Å². The number of hydrogen-bond acceptors (Lipinski definition) is 4. The average Bonchev–Trinajstić information content (AvgIpc) is 3.01. The zero-order valence-corrected chi connectivity index (χ0v) is 9.80. The lowest BCUT2D eigenvalue weighted by atomic mass is 10.0. The van der Waals surface area contributed by atoms with E-state index in [0.29, 0.717) is 6.04 Å². The smallest absolute Gasteiger partial charge is 0.177 e. The van der Waals surface area contributed by atoms with Gasteiger partial charge in [-0.3, -0.25) is 0 Å². The zero-order valence-electron chi connectivity index (χ0n) is 8.98. The monoisotopic (exact) mass is 234 g/mol. The van der Waals surface area contributed by atoms with Crippen molar-refractivity contribution in [3.05, 3.63) is 29.3 Å². The Morgan fingerprint density at radius 1 is 1.44 bits per heavy atom. The van der Waals surface area contributed by atoms with Crippen molar-refractivity contribution in [2.24, 2.45) is 0 Å². The van der Waals surface area contributed by atoms with Gasteiger partial charge in [-0.1, -0.05) is 17.6 Å². The normalized spacial score (nSPS) is 21.1. The zero-order chi connectivity index (χ0) is 10.8. The van der Waals surface area contributed by atoms with Crippen LogP contribution in [0.2, 0.25) is 0 Å². The van der Waals surface area contributed by atoms with Crippen LogP contribution in [-0.2, 0) is 0 Å². The highest BCUT2D eigenvalue weighted by Crippen LogP contribution is 2.29. The summed E-state index contributed by atoms with van der Waals surface area (Å²) in [5.41, 5.74) is 1.04. The highest BCUT2D eigenvalue weighted by molar-refractivity contribution is 7.13. The maximum atomic E-state index is 5.38. The number of rotatable bonds is 2. The molecule has 0 bridgehead atoms. The Morgan fingerprint density at radius 2 is 2.44 bits per heavy atom. The summed E-state index contributed by atoms with van der Waals surface area (Å²) in [6.45, 7) is 1.09. The molecular formula is C12H14N2OS. The molecule has 0 aromatic carbocycles. The lowest BCUT2D eigenvalue weighted by Crippen LogP contribution is -2.26. The number of nitrogens with one attached hydrogen (secondary N) is 1. The molecule has 0 radical (unpaired) electrons. The van der Waals surface area contributed by atoms with E-state index in [2.05, 4.69) is 28.0 Å². The van der Waals surface area contributed by atoms with Crippen molar-refractivity contribution in [3.63, 3.8) is 0 Å². The van der Waals surface area contributed by atoms with E-state index in [4.69, 9.17) is 4.52 Å². The highest BCUT2D eigenvalue weighted by Gasteiger charge is 2.19. The molecule has 84 valence electrons. The molecule has 3 rings (SSSR count). The summed E-state index contributed by atoms with van der Waals surface area (Å²) in [6, 6.07) is 6.53. The van der Waals surface area contributed by atoms with E-state index in [0.717, 1.165) is 29.3 Å². The molecule has 1 fully saturated rings. The second kappa shape index (κ2) is 4.39. The van der Waals surface area contributed by atoms with E-state index in [-0.39, 0.29) is 0 Å². The summed E-state index contributed by atoms with van der Waals surface area (Å²) in [6.07, 6.45) is 3.71. The second-order valence-corrected chi connectivity index (χ2v) is 5.04. The van der Waals surface area contributed by atoms with Crippen LogP contribution in [0, 0.1) is 0 Å². The molecule has 16 heavy (non-hydrogen) atoms. The number of thiophene rings is 1. The first kappa shape index (κ1) is 10.1. The van der Waals surface area contributed by atoms with Gasteiger partial charge in [-0.2, -0.15) is 0 Å². The summed E-state index contributed by atoms with van der Waals surface area (Å²) < 4.78 is 5.38. The molecule has 1 aliphatic rings. The number of nitrogens with zero attached hydrogens (tertiary/aromatic N) is 1. The Balaban J connectivity index is 1.82. The van der Waals surface area contributed by atoms with Gasteiger partial charge >= 0.3 is 0 Å². The fourth-order valence-electron chi connectivity index (χ4n) is 2.09. The quantitative estimate of drug-likeness (QED) is 0.867. The lowest BCUT2D eigenvalue weighted by Gasteiger charge is -2.20. The number of hydrogen-bond donors (Lipinski definition) is 1. The van der Waals surface area contributed by atoms with Crippen LogP contribution in [0.5, 0.6) is 0 Å². The van der Waals surface area contributed by atoms with E-state index >= 15 is 0 Å². The van der Waals surface area contributed by atoms with Crippen molar-refractivity contribution in [2.75, 3.05) is 6.54 Å². The van der Waals surface area contributed by atoms with Crippen LogP contribution in [-0.4, -0.2) is 11.7 Å². The van der Waals surface area contributed by atoms with E-state index in [9.17, 15) is 0 Å². The summed E-state index contributed by atoms with van der Waals surface area (Å²) in [5, 5.41) is 9.69. The molecule has 1 unspecified atom stereocenters. The Kier molecular flexibility index (Phi) is 2.76. The van der Waals surface area contributed by atoms with Crippen LogP contribution in [0.1, 0.15) is 31.0 Å². The molecule has 0 amide bonds. The van der Waals surface area contributed by atoms with Gasteiger partial charge in [0.1, 0.15) is 5.69 Å². The Hall–Kier alpha value is -1.13. The largest absolute Gasteiger partial charge is 0.355 e. The summed E-state index contributed by atoms with van der Waals surface area (Å²) in [5.74, 6) is 0.886. The minimum absolute atomic E-state index is 0.381. The third-order valence-corrected chi connectivity index (χ3v) is 3.84. The molecule has 1 saturated heterocycles. The maximum Gasteiger partial charge on any atom is 0.177 e. The van der Waals surface area contributed by atoms with Crippen molar-refractivity contribution in [1.82, 2.24) is 10.5 Å². The number of aromatic nitrogens is 1. The van der Waals surface area contributed by atoms with E-state index < -0.39 is 0 Å². The second-order valence-electron chi connectivity index (χ2n) is 4.10. The van der Waals surface area contributed by atoms with Crippen LogP contribution in [0.3, 0.4) is 0 Å². The highest BCUT2D eigenvalue weighted by atomic mass is 32.1. The SMILES string of the molecule is c1csc(-c2cc(C3CCCCN3)no2)c1. The van der Waals surface area contributed by atoms with Gasteiger partial charge in [-0.25, -0.2) is 0 Å². The lowest BCUT2D eigenvalue weighted by molar-refractivity contribution is 0.368. The molecule has 0 aliphatic carbocycles. The van der Waals surface area contributed by atoms with E-state index in [1.165, 1.54) is 12.8 Å². The Bertz CT molecular complexity index is 443. The Labute approximate surface area is 98.5 Å². The van der Waals surface area contributed by atoms with Gasteiger partial charge in [-0.05, 0) is 30.8 Å². The first-order valence-electron chi connectivity index (χ1n) is 5.67. The standard InChI is InChI=1S/C12H14N2OS/c1-2-6-13-9(4-1)10-8-11(15-14-10)12-5-3-7-16-12/h3,5,7-9,13H,1-2,4,6H2. The molecule has 0 spiro atoms. The predicted molar refractivity (Wildman–Crippen MR) is 64.4 cm³/mol. The molecule has 2 aromatic rings. The summed E-state index contributed by atoms with van der Waals surface area (Å²) >= 11 is 1.68. The van der Waals surface area contributed by atoms with Gasteiger partial charge in [0.2, 0.25) is 0 Å². The third kappa shape index (κ3) is 1.90. The van der Waals surface area contributed by atoms with E-state index in [1.807, 2.05) is 6.07 Å². The van der Waals surface area contributed by atoms with Gasteiger partial charge in [0.05, 0.1) is 10.9 Å². The minimum atomic E-state index is 0.381. The maximum absolute atomic E-state index is 5.38. The van der Waals surface area contributed by atoms with Crippen molar-refractivity contribution in [2.45, 2.75) is 25.3 Å². The van der Waals surface area contributed by atoms with Crippen molar-refractivity contribution in [1.29, 1.82) is 0 Å². The van der Waals surface area contributed by atoms with Crippen molar-refractivity contribution < 1.29 is 4.52 Å². The third-order valence-electron chi connectivity index (χ3n) is 2.96. The fourth-order valence-corrected chi connectivity index (χ4v) is 2.77. The molecule has 1 aliphatic heterocycles. The van der Waals surface area contributed by atoms with Crippen LogP contribution >= 0.6 is 11.3 Å². The van der Waals surface area contributed by atoms with Gasteiger partial charge in [-0.15, -0.1) is 11.3 Å². The summed E-state index contributed by atoms with van der Waals surface area (Å²) in [7, 11) is 0. The first-order valence-corrected chi connectivity index (χ1v) is 6.55. The molecule has 1 atom stereocenters. The van der Waals surface area contributed by atoms with Gasteiger partial charge in [0, 0.05) is 6.07 Å². The number of piperidine rings is 1. The molecule has 0 saturated carbocycles. The fraction of sp³-hybridized carbons (Fsp3) is 0.417. The average molecular weight is 234 g/mol. The van der Waals surface area contributed by atoms with Crippen LogP contribution < -0.4 is 5.32 Å². The van der Waals surface area contributed by atoms with Crippen molar-refractivity contribution >= 4 is 11.3 Å². The Morgan fingerprint density at radius 3 is 3.19 bits per heavy atom. The molecule has 3 nitrogen and oxygen atoms in total. The van der Waals surface area contributed by atoms with Gasteiger partial charge in [0.25, 0.3) is 0 Å². The minimum Gasteiger partial charge on any atom is -0.355 e. The van der Waals surface area contributed by atoms with Crippen LogP contribution in [0.15, 0.2) is 28.1 Å². The predicted octanol–water partition coefficient (Wildman–Crippen LogP) is 3.22. The van der Waals surface area contributed by atoms with Crippen molar-refractivity contribution in [3.8, 4) is 10.6 Å². The van der Waals surface area contributed by atoms with Crippen LogP contribution in [0.4, 0.5) is 0 Å². The van der Waals surface area contributed by atoms with E-state index in [1.54, 1.807) is 11.3 Å². The molecule has 1 N–H and O–H groups in total. The first-order chi connectivity index (χ1) is 7.93. The topological polar surface area (TPSA) is 38.1 Å². The molecular weight excluding hydrogens is 220 g/mol. The molecule has 3 heterocycles.